The van der Waals surface area contributed by atoms with E-state index in [2.05, 4.69) is 4.90 Å². The van der Waals surface area contributed by atoms with Gasteiger partial charge in [0.2, 0.25) is 0 Å². The highest BCUT2D eigenvalue weighted by atomic mass is 19.1. The van der Waals surface area contributed by atoms with Gasteiger partial charge in [0, 0.05) is 26.2 Å². The SMILES string of the molecule is COCCN1CCC(N)C1c1ccc(OC)c(F)c1. The van der Waals surface area contributed by atoms with E-state index in [1.165, 1.54) is 13.2 Å². The highest BCUT2D eigenvalue weighted by Crippen LogP contribution is 2.32. The molecule has 0 amide bonds. The van der Waals surface area contributed by atoms with Crippen LogP contribution >= 0.6 is 0 Å². The zero-order valence-corrected chi connectivity index (χ0v) is 11.4. The minimum Gasteiger partial charge on any atom is -0.494 e. The molecule has 1 aliphatic rings. The van der Waals surface area contributed by atoms with E-state index in [-0.39, 0.29) is 23.7 Å². The van der Waals surface area contributed by atoms with E-state index >= 15 is 0 Å². The number of likely N-dealkylation sites (tertiary alicyclic amines) is 1. The zero-order chi connectivity index (χ0) is 13.8. The molecule has 19 heavy (non-hydrogen) atoms. The largest absolute Gasteiger partial charge is 0.494 e. The molecule has 106 valence electrons. The number of benzene rings is 1. The summed E-state index contributed by atoms with van der Waals surface area (Å²) in [5.74, 6) is -0.0791. The van der Waals surface area contributed by atoms with E-state index in [4.69, 9.17) is 15.2 Å². The van der Waals surface area contributed by atoms with E-state index in [1.807, 2.05) is 6.07 Å². The quantitative estimate of drug-likeness (QED) is 0.880. The van der Waals surface area contributed by atoms with Crippen LogP contribution in [-0.2, 0) is 4.74 Å². The Morgan fingerprint density at radius 1 is 1.42 bits per heavy atom. The number of ether oxygens (including phenoxy) is 2. The van der Waals surface area contributed by atoms with Gasteiger partial charge in [-0.3, -0.25) is 4.90 Å². The highest BCUT2D eigenvalue weighted by molar-refractivity contribution is 5.32. The van der Waals surface area contributed by atoms with E-state index in [1.54, 1.807) is 13.2 Å². The van der Waals surface area contributed by atoms with Crippen LogP contribution in [0.25, 0.3) is 0 Å². The Labute approximate surface area is 113 Å². The number of hydrogen-bond acceptors (Lipinski definition) is 4. The second kappa shape index (κ2) is 6.32. The Balaban J connectivity index is 2.19. The van der Waals surface area contributed by atoms with Crippen molar-refractivity contribution >= 4 is 0 Å². The van der Waals surface area contributed by atoms with Crippen LogP contribution in [0.3, 0.4) is 0 Å². The number of methoxy groups -OCH3 is 2. The summed E-state index contributed by atoms with van der Waals surface area (Å²) in [4.78, 5) is 2.25. The van der Waals surface area contributed by atoms with Gasteiger partial charge in [-0.05, 0) is 24.1 Å². The Bertz CT molecular complexity index is 428. The maximum atomic E-state index is 13.8. The van der Waals surface area contributed by atoms with Crippen molar-refractivity contribution in [2.24, 2.45) is 5.73 Å². The first-order valence-corrected chi connectivity index (χ1v) is 6.49. The molecule has 0 bridgehead atoms. The molecule has 0 aromatic heterocycles. The van der Waals surface area contributed by atoms with Crippen molar-refractivity contribution in [3.8, 4) is 5.75 Å². The number of nitrogens with two attached hydrogens (primary N) is 1. The highest BCUT2D eigenvalue weighted by Gasteiger charge is 2.32. The van der Waals surface area contributed by atoms with E-state index in [0.717, 1.165) is 25.1 Å². The summed E-state index contributed by atoms with van der Waals surface area (Å²) in [7, 11) is 3.14. The molecule has 0 spiro atoms. The number of rotatable bonds is 5. The van der Waals surface area contributed by atoms with Crippen molar-refractivity contribution in [2.75, 3.05) is 33.9 Å². The molecule has 2 rings (SSSR count). The summed E-state index contributed by atoms with van der Waals surface area (Å²) in [5.41, 5.74) is 7.06. The Hall–Kier alpha value is -1.17. The molecule has 2 N–H and O–H groups in total. The molecule has 1 aromatic rings. The fourth-order valence-electron chi connectivity index (χ4n) is 2.67. The van der Waals surface area contributed by atoms with Gasteiger partial charge >= 0.3 is 0 Å². The van der Waals surface area contributed by atoms with Crippen LogP contribution in [0.15, 0.2) is 18.2 Å². The summed E-state index contributed by atoms with van der Waals surface area (Å²) in [6, 6.07) is 5.15. The van der Waals surface area contributed by atoms with Crippen LogP contribution in [0, 0.1) is 5.82 Å². The predicted molar refractivity (Wildman–Crippen MR) is 71.7 cm³/mol. The first kappa shape index (κ1) is 14.2. The van der Waals surface area contributed by atoms with Crippen LogP contribution in [0.2, 0.25) is 0 Å². The third kappa shape index (κ3) is 3.05. The Morgan fingerprint density at radius 3 is 2.84 bits per heavy atom. The van der Waals surface area contributed by atoms with Crippen molar-refractivity contribution in [1.29, 1.82) is 0 Å². The third-order valence-electron chi connectivity index (χ3n) is 3.65. The normalized spacial score (nSPS) is 23.8. The molecule has 2 unspecified atom stereocenters. The summed E-state index contributed by atoms with van der Waals surface area (Å²) in [5, 5.41) is 0. The van der Waals surface area contributed by atoms with Gasteiger partial charge in [0.15, 0.2) is 11.6 Å². The van der Waals surface area contributed by atoms with Crippen LogP contribution in [0.1, 0.15) is 18.0 Å². The molecule has 2 atom stereocenters. The smallest absolute Gasteiger partial charge is 0.165 e. The lowest BCUT2D eigenvalue weighted by atomic mass is 10.0. The minimum absolute atomic E-state index is 0.0321. The molecule has 0 aliphatic carbocycles. The molecule has 4 nitrogen and oxygen atoms in total. The van der Waals surface area contributed by atoms with E-state index < -0.39 is 0 Å². The average molecular weight is 268 g/mol. The van der Waals surface area contributed by atoms with Crippen LogP contribution < -0.4 is 10.5 Å². The van der Waals surface area contributed by atoms with Gasteiger partial charge in [-0.1, -0.05) is 6.07 Å². The van der Waals surface area contributed by atoms with Crippen LogP contribution in [0.5, 0.6) is 5.75 Å². The molecule has 0 saturated carbocycles. The lowest BCUT2D eigenvalue weighted by molar-refractivity contribution is 0.139. The standard InChI is InChI=1S/C14H21FN2O2/c1-18-8-7-17-6-5-12(16)14(17)10-3-4-13(19-2)11(15)9-10/h3-4,9,12,14H,5-8,16H2,1-2H3. The lowest BCUT2D eigenvalue weighted by Crippen LogP contribution is -2.33. The second-order valence-electron chi connectivity index (χ2n) is 4.82. The molecular weight excluding hydrogens is 247 g/mol. The summed E-state index contributed by atoms with van der Waals surface area (Å²) in [6.07, 6.45) is 0.919. The van der Waals surface area contributed by atoms with E-state index in [9.17, 15) is 4.39 Å². The Kier molecular flexibility index (Phi) is 4.74. The maximum Gasteiger partial charge on any atom is 0.165 e. The average Bonchev–Trinajstić information content (AvgIpc) is 2.77. The molecule has 5 heteroatoms. The topological polar surface area (TPSA) is 47.7 Å². The van der Waals surface area contributed by atoms with Gasteiger partial charge in [-0.2, -0.15) is 0 Å². The molecule has 1 aromatic carbocycles. The maximum absolute atomic E-state index is 13.8. The molecule has 1 heterocycles. The summed E-state index contributed by atoms with van der Waals surface area (Å²) in [6.45, 7) is 2.38. The van der Waals surface area contributed by atoms with Gasteiger partial charge in [0.05, 0.1) is 19.8 Å². The summed E-state index contributed by atoms with van der Waals surface area (Å²) >= 11 is 0. The van der Waals surface area contributed by atoms with E-state index in [0.29, 0.717) is 6.61 Å². The van der Waals surface area contributed by atoms with Gasteiger partial charge in [-0.25, -0.2) is 4.39 Å². The minimum atomic E-state index is -0.342. The van der Waals surface area contributed by atoms with Gasteiger partial charge in [-0.15, -0.1) is 0 Å². The molecule has 1 fully saturated rings. The Morgan fingerprint density at radius 2 is 2.21 bits per heavy atom. The van der Waals surface area contributed by atoms with Gasteiger partial charge < -0.3 is 15.2 Å². The fourth-order valence-corrected chi connectivity index (χ4v) is 2.67. The van der Waals surface area contributed by atoms with Crippen molar-refractivity contribution in [3.05, 3.63) is 29.6 Å². The first-order valence-electron chi connectivity index (χ1n) is 6.49. The van der Waals surface area contributed by atoms with Crippen LogP contribution in [0.4, 0.5) is 4.39 Å². The van der Waals surface area contributed by atoms with Crippen molar-refractivity contribution in [2.45, 2.75) is 18.5 Å². The third-order valence-corrected chi connectivity index (χ3v) is 3.65. The lowest BCUT2D eigenvalue weighted by Gasteiger charge is -2.27. The fraction of sp³-hybridized carbons (Fsp3) is 0.571. The summed E-state index contributed by atoms with van der Waals surface area (Å²) < 4.78 is 23.8. The molecule has 1 saturated heterocycles. The van der Waals surface area contributed by atoms with Crippen molar-refractivity contribution < 1.29 is 13.9 Å². The second-order valence-corrected chi connectivity index (χ2v) is 4.82. The first-order chi connectivity index (χ1) is 9.17. The number of hydrogen-bond donors (Lipinski definition) is 1. The predicted octanol–water partition coefficient (Wildman–Crippen LogP) is 1.55. The van der Waals surface area contributed by atoms with Crippen molar-refractivity contribution in [3.63, 3.8) is 0 Å². The van der Waals surface area contributed by atoms with Crippen molar-refractivity contribution in [1.82, 2.24) is 4.90 Å². The van der Waals surface area contributed by atoms with Crippen LogP contribution in [-0.4, -0.2) is 44.9 Å². The van der Waals surface area contributed by atoms with Gasteiger partial charge in [0.25, 0.3) is 0 Å². The molecular formula is C14H21FN2O2. The molecule has 0 radical (unpaired) electrons. The number of nitrogens with zero attached hydrogens (tertiary/aromatic N) is 1. The zero-order valence-electron chi connectivity index (χ0n) is 11.4. The molecule has 1 aliphatic heterocycles. The monoisotopic (exact) mass is 268 g/mol. The van der Waals surface area contributed by atoms with Gasteiger partial charge in [0.1, 0.15) is 0 Å². The number of halogens is 1.